The van der Waals surface area contributed by atoms with E-state index in [9.17, 15) is 9.90 Å². The molecule has 1 aliphatic rings. The second-order valence-electron chi connectivity index (χ2n) is 6.48. The van der Waals surface area contributed by atoms with Gasteiger partial charge in [-0.1, -0.05) is 12.1 Å². The topological polar surface area (TPSA) is 110 Å². The summed E-state index contributed by atoms with van der Waals surface area (Å²) in [4.78, 5) is 12.4. The summed E-state index contributed by atoms with van der Waals surface area (Å²) < 4.78 is 3.19. The largest absolute Gasteiger partial charge is 0.508 e. The Balaban J connectivity index is 1.67. The summed E-state index contributed by atoms with van der Waals surface area (Å²) in [5.41, 5.74) is 3.34. The molecule has 0 saturated heterocycles. The van der Waals surface area contributed by atoms with Gasteiger partial charge in [0.15, 0.2) is 11.5 Å². The number of phenolic OH excluding ortho intramolecular Hbond substituents is 1. The van der Waals surface area contributed by atoms with E-state index in [0.29, 0.717) is 23.7 Å². The number of hydrogen-bond acceptors (Lipinski definition) is 6. The van der Waals surface area contributed by atoms with Gasteiger partial charge in [-0.15, -0.1) is 15.3 Å². The minimum atomic E-state index is -0.137. The third-order valence-corrected chi connectivity index (χ3v) is 4.76. The number of hydrogen-bond donors (Lipinski definition) is 2. The van der Waals surface area contributed by atoms with E-state index in [-0.39, 0.29) is 17.6 Å². The third-order valence-electron chi connectivity index (χ3n) is 4.76. The number of benzene rings is 1. The highest BCUT2D eigenvalue weighted by Gasteiger charge is 2.33. The van der Waals surface area contributed by atoms with Crippen molar-refractivity contribution in [3.8, 4) is 11.6 Å². The second-order valence-corrected chi connectivity index (χ2v) is 6.48. The van der Waals surface area contributed by atoms with E-state index in [0.717, 1.165) is 16.8 Å². The number of carbonyl (C=O) groups excluding carboxylic acids is 1. The van der Waals surface area contributed by atoms with Crippen molar-refractivity contribution >= 4 is 17.4 Å². The molecule has 0 spiro atoms. The zero-order valence-electron chi connectivity index (χ0n) is 14.4. The number of fused-ring (bicyclic) bond motifs is 2. The molecule has 134 valence electrons. The number of nitrogens with one attached hydrogen (secondary N) is 1. The highest BCUT2D eigenvalue weighted by Crippen LogP contribution is 2.40. The van der Waals surface area contributed by atoms with Crippen molar-refractivity contribution in [3.05, 3.63) is 59.5 Å². The standard InChI is InChI=1S/C18H15N7O2/c1-10-17-13(11-2-4-12(26)5-3-11)8-16(27)20-18(17)25(22-10)15-7-6-14-21-19-9-24(14)23-15/h2-7,9,13,26H,8H2,1H3,(H,20,27)/t13-/m1/s1. The van der Waals surface area contributed by atoms with E-state index in [1.54, 1.807) is 33.5 Å². The molecule has 1 amide bonds. The zero-order chi connectivity index (χ0) is 18.5. The first-order valence-corrected chi connectivity index (χ1v) is 8.46. The molecule has 0 aliphatic carbocycles. The van der Waals surface area contributed by atoms with Gasteiger partial charge in [-0.25, -0.2) is 0 Å². The smallest absolute Gasteiger partial charge is 0.226 e. The van der Waals surface area contributed by atoms with E-state index < -0.39 is 0 Å². The number of anilines is 1. The molecule has 0 fully saturated rings. The van der Waals surface area contributed by atoms with Crippen molar-refractivity contribution in [3.63, 3.8) is 0 Å². The Morgan fingerprint density at radius 3 is 2.78 bits per heavy atom. The number of aryl methyl sites for hydroxylation is 1. The van der Waals surface area contributed by atoms with Crippen LogP contribution in [0.15, 0.2) is 42.7 Å². The lowest BCUT2D eigenvalue weighted by Gasteiger charge is -2.24. The van der Waals surface area contributed by atoms with Crippen molar-refractivity contribution < 1.29 is 9.90 Å². The number of amides is 1. The van der Waals surface area contributed by atoms with Crippen LogP contribution in [-0.4, -0.2) is 40.6 Å². The first kappa shape index (κ1) is 15.5. The van der Waals surface area contributed by atoms with Crippen LogP contribution in [0.1, 0.15) is 29.2 Å². The maximum Gasteiger partial charge on any atom is 0.226 e. The Morgan fingerprint density at radius 1 is 1.15 bits per heavy atom. The molecule has 0 saturated carbocycles. The fraction of sp³-hybridized carbons (Fsp3) is 0.167. The molecular formula is C18H15N7O2. The van der Waals surface area contributed by atoms with Gasteiger partial charge in [0.25, 0.3) is 0 Å². The predicted octanol–water partition coefficient (Wildman–Crippen LogP) is 1.80. The number of aromatic nitrogens is 6. The van der Waals surface area contributed by atoms with Gasteiger partial charge in [-0.3, -0.25) is 4.79 Å². The minimum absolute atomic E-state index is 0.0906. The van der Waals surface area contributed by atoms with E-state index in [4.69, 9.17) is 0 Å². The first-order chi connectivity index (χ1) is 13.1. The van der Waals surface area contributed by atoms with Crippen molar-refractivity contribution in [1.82, 2.24) is 29.6 Å². The van der Waals surface area contributed by atoms with Crippen LogP contribution >= 0.6 is 0 Å². The molecule has 1 atom stereocenters. The van der Waals surface area contributed by atoms with Gasteiger partial charge < -0.3 is 10.4 Å². The zero-order valence-corrected chi connectivity index (χ0v) is 14.4. The molecule has 1 aromatic carbocycles. The maximum atomic E-state index is 12.4. The summed E-state index contributed by atoms with van der Waals surface area (Å²) in [6, 6.07) is 10.5. The second kappa shape index (κ2) is 5.63. The Kier molecular flexibility index (Phi) is 3.23. The monoisotopic (exact) mass is 361 g/mol. The molecule has 9 nitrogen and oxygen atoms in total. The molecular weight excluding hydrogens is 346 g/mol. The number of phenols is 1. The van der Waals surface area contributed by atoms with Gasteiger partial charge in [0, 0.05) is 17.9 Å². The van der Waals surface area contributed by atoms with Crippen LogP contribution in [-0.2, 0) is 4.79 Å². The predicted molar refractivity (Wildman–Crippen MR) is 95.8 cm³/mol. The van der Waals surface area contributed by atoms with Crippen LogP contribution in [0.25, 0.3) is 11.5 Å². The third kappa shape index (κ3) is 2.43. The van der Waals surface area contributed by atoms with Crippen molar-refractivity contribution in [1.29, 1.82) is 0 Å². The number of aromatic hydroxyl groups is 1. The summed E-state index contributed by atoms with van der Waals surface area (Å²) in [7, 11) is 0. The normalized spacial score (nSPS) is 16.3. The molecule has 0 bridgehead atoms. The van der Waals surface area contributed by atoms with E-state index >= 15 is 0 Å². The Labute approximate surface area is 153 Å². The lowest BCUT2D eigenvalue weighted by atomic mass is 9.86. The van der Waals surface area contributed by atoms with Gasteiger partial charge in [0.2, 0.25) is 5.91 Å². The van der Waals surface area contributed by atoms with E-state index in [1.807, 2.05) is 19.1 Å². The molecule has 9 heteroatoms. The lowest BCUT2D eigenvalue weighted by molar-refractivity contribution is -0.116. The van der Waals surface area contributed by atoms with E-state index in [1.165, 1.54) is 6.33 Å². The lowest BCUT2D eigenvalue weighted by Crippen LogP contribution is -2.25. The summed E-state index contributed by atoms with van der Waals surface area (Å²) >= 11 is 0. The minimum Gasteiger partial charge on any atom is -0.508 e. The quantitative estimate of drug-likeness (QED) is 0.563. The summed E-state index contributed by atoms with van der Waals surface area (Å²) in [6.07, 6.45) is 1.84. The number of rotatable bonds is 2. The molecule has 2 N–H and O–H groups in total. The van der Waals surface area contributed by atoms with Crippen molar-refractivity contribution in [2.75, 3.05) is 5.32 Å². The molecule has 0 unspecified atom stereocenters. The Morgan fingerprint density at radius 2 is 1.96 bits per heavy atom. The molecule has 4 aromatic rings. The van der Waals surface area contributed by atoms with Crippen LogP contribution in [0.4, 0.5) is 5.82 Å². The molecule has 0 radical (unpaired) electrons. The van der Waals surface area contributed by atoms with E-state index in [2.05, 4.69) is 25.7 Å². The highest BCUT2D eigenvalue weighted by molar-refractivity contribution is 5.95. The van der Waals surface area contributed by atoms with Gasteiger partial charge in [0.05, 0.1) is 5.69 Å². The number of carbonyl (C=O) groups is 1. The Bertz CT molecular complexity index is 1180. The van der Waals surface area contributed by atoms with Crippen LogP contribution in [0.2, 0.25) is 0 Å². The van der Waals surface area contributed by atoms with Crippen LogP contribution in [0.3, 0.4) is 0 Å². The maximum absolute atomic E-state index is 12.4. The highest BCUT2D eigenvalue weighted by atomic mass is 16.3. The van der Waals surface area contributed by atoms with Gasteiger partial charge in [0.1, 0.15) is 17.9 Å². The molecule has 4 heterocycles. The average molecular weight is 361 g/mol. The Hall–Kier alpha value is -3.75. The SMILES string of the molecule is Cc1nn(-c2ccc3nncn3n2)c2c1[C@@H](c1ccc(O)cc1)CC(=O)N2. The van der Waals surface area contributed by atoms with Gasteiger partial charge in [-0.2, -0.15) is 14.3 Å². The summed E-state index contributed by atoms with van der Waals surface area (Å²) in [6.45, 7) is 1.91. The average Bonchev–Trinajstić information content (AvgIpc) is 3.25. The van der Waals surface area contributed by atoms with Crippen LogP contribution in [0.5, 0.6) is 5.75 Å². The van der Waals surface area contributed by atoms with Crippen molar-refractivity contribution in [2.45, 2.75) is 19.3 Å². The van der Waals surface area contributed by atoms with Crippen LogP contribution in [0, 0.1) is 6.92 Å². The summed E-state index contributed by atoms with van der Waals surface area (Å²) in [5.74, 6) is 1.13. The number of nitrogens with zero attached hydrogens (tertiary/aromatic N) is 6. The molecule has 1 aliphatic heterocycles. The molecule has 3 aromatic heterocycles. The first-order valence-electron chi connectivity index (χ1n) is 8.46. The summed E-state index contributed by atoms with van der Waals surface area (Å²) in [5, 5.41) is 29.4. The van der Waals surface area contributed by atoms with Gasteiger partial charge >= 0.3 is 0 Å². The molecule has 5 rings (SSSR count). The van der Waals surface area contributed by atoms with Crippen LogP contribution < -0.4 is 5.32 Å². The van der Waals surface area contributed by atoms with Gasteiger partial charge in [-0.05, 0) is 36.8 Å². The van der Waals surface area contributed by atoms with Crippen molar-refractivity contribution in [2.24, 2.45) is 0 Å². The fourth-order valence-corrected chi connectivity index (χ4v) is 3.54. The fourth-order valence-electron chi connectivity index (χ4n) is 3.54. The molecule has 27 heavy (non-hydrogen) atoms.